The molecule has 4 nitrogen and oxygen atoms in total. The Morgan fingerprint density at radius 1 is 1.29 bits per heavy atom. The number of ether oxygens (including phenoxy) is 1. The molecule has 1 aliphatic heterocycles. The van der Waals surface area contributed by atoms with Crippen molar-refractivity contribution < 1.29 is 13.2 Å². The molecule has 1 atom stereocenters. The minimum atomic E-state index is -2.85. The molecule has 0 aromatic rings. The summed E-state index contributed by atoms with van der Waals surface area (Å²) in [6.45, 7) is 6.29. The molecule has 1 heterocycles. The molecule has 0 radical (unpaired) electrons. The van der Waals surface area contributed by atoms with Crippen molar-refractivity contribution in [2.75, 3.05) is 31.3 Å². The minimum Gasteiger partial charge on any atom is -0.381 e. The van der Waals surface area contributed by atoms with Crippen LogP contribution >= 0.6 is 0 Å². The van der Waals surface area contributed by atoms with Gasteiger partial charge in [0, 0.05) is 31.6 Å². The summed E-state index contributed by atoms with van der Waals surface area (Å²) in [7, 11) is -2.85. The molecule has 0 amide bonds. The summed E-state index contributed by atoms with van der Waals surface area (Å²) < 4.78 is 28.4. The summed E-state index contributed by atoms with van der Waals surface area (Å²) >= 11 is 0. The molecule has 0 aliphatic carbocycles. The van der Waals surface area contributed by atoms with E-state index in [2.05, 4.69) is 12.2 Å². The highest BCUT2D eigenvalue weighted by molar-refractivity contribution is 7.91. The van der Waals surface area contributed by atoms with E-state index in [-0.39, 0.29) is 5.75 Å². The maximum absolute atomic E-state index is 11.5. The number of hydrogen-bond acceptors (Lipinski definition) is 4. The molecular weight excluding hydrogens is 238 g/mol. The van der Waals surface area contributed by atoms with E-state index in [1.165, 1.54) is 0 Å². The van der Waals surface area contributed by atoms with Crippen molar-refractivity contribution in [3.63, 3.8) is 0 Å². The predicted octanol–water partition coefficient (Wildman–Crippen LogP) is 1.22. The lowest BCUT2D eigenvalue weighted by atomic mass is 9.93. The van der Waals surface area contributed by atoms with Gasteiger partial charge in [-0.25, -0.2) is 8.42 Å². The van der Waals surface area contributed by atoms with Crippen molar-refractivity contribution in [3.8, 4) is 0 Å². The number of sulfone groups is 1. The zero-order chi connectivity index (χ0) is 12.7. The molecule has 102 valence electrons. The first-order chi connectivity index (χ1) is 8.05. The van der Waals surface area contributed by atoms with Gasteiger partial charge >= 0.3 is 0 Å². The van der Waals surface area contributed by atoms with Gasteiger partial charge in [-0.3, -0.25) is 0 Å². The van der Waals surface area contributed by atoms with Gasteiger partial charge in [0.25, 0.3) is 0 Å². The summed E-state index contributed by atoms with van der Waals surface area (Å²) in [6, 6.07) is 0.385. The number of rotatable bonds is 7. The SMILES string of the molecule is CCCS(=O)(=O)CCNC(C)C1CCOCC1. The molecule has 0 saturated carbocycles. The Bertz CT molecular complexity index is 297. The third-order valence-corrected chi connectivity index (χ3v) is 5.22. The predicted molar refractivity (Wildman–Crippen MR) is 70.0 cm³/mol. The van der Waals surface area contributed by atoms with Gasteiger partial charge in [0.2, 0.25) is 0 Å². The molecule has 1 saturated heterocycles. The van der Waals surface area contributed by atoms with Crippen molar-refractivity contribution >= 4 is 9.84 Å². The molecule has 1 N–H and O–H groups in total. The molecule has 5 heteroatoms. The monoisotopic (exact) mass is 263 g/mol. The fourth-order valence-electron chi connectivity index (χ4n) is 2.24. The van der Waals surface area contributed by atoms with E-state index in [0.29, 0.717) is 30.7 Å². The average Bonchev–Trinajstić information content (AvgIpc) is 2.29. The van der Waals surface area contributed by atoms with E-state index in [1.807, 2.05) is 6.92 Å². The second kappa shape index (κ2) is 7.34. The lowest BCUT2D eigenvalue weighted by Crippen LogP contribution is -2.39. The van der Waals surface area contributed by atoms with Crippen LogP contribution in [0, 0.1) is 5.92 Å². The van der Waals surface area contributed by atoms with E-state index >= 15 is 0 Å². The van der Waals surface area contributed by atoms with Crippen LogP contribution in [0.5, 0.6) is 0 Å². The highest BCUT2D eigenvalue weighted by atomic mass is 32.2. The van der Waals surface area contributed by atoms with Crippen molar-refractivity contribution in [1.82, 2.24) is 5.32 Å². The zero-order valence-corrected chi connectivity index (χ0v) is 11.8. The van der Waals surface area contributed by atoms with Crippen LogP contribution in [0.1, 0.15) is 33.1 Å². The van der Waals surface area contributed by atoms with Crippen LogP contribution < -0.4 is 5.32 Å². The summed E-state index contributed by atoms with van der Waals surface area (Å²) in [6.07, 6.45) is 2.86. The van der Waals surface area contributed by atoms with E-state index in [9.17, 15) is 8.42 Å². The Kier molecular flexibility index (Phi) is 6.44. The minimum absolute atomic E-state index is 0.258. The van der Waals surface area contributed by atoms with Crippen LogP contribution in [0.3, 0.4) is 0 Å². The van der Waals surface area contributed by atoms with Crippen LogP contribution in [0.4, 0.5) is 0 Å². The van der Waals surface area contributed by atoms with Crippen molar-refractivity contribution in [1.29, 1.82) is 0 Å². The summed E-state index contributed by atoms with van der Waals surface area (Å²) in [5.41, 5.74) is 0. The summed E-state index contributed by atoms with van der Waals surface area (Å²) in [5.74, 6) is 1.19. The van der Waals surface area contributed by atoms with Gasteiger partial charge in [-0.1, -0.05) is 6.92 Å². The maximum Gasteiger partial charge on any atom is 0.151 e. The molecule has 17 heavy (non-hydrogen) atoms. The second-order valence-electron chi connectivity index (χ2n) is 4.84. The van der Waals surface area contributed by atoms with Crippen LogP contribution in [0.15, 0.2) is 0 Å². The first-order valence-electron chi connectivity index (χ1n) is 6.56. The number of nitrogens with one attached hydrogen (secondary N) is 1. The Morgan fingerprint density at radius 3 is 2.53 bits per heavy atom. The average molecular weight is 263 g/mol. The second-order valence-corrected chi connectivity index (χ2v) is 7.15. The molecule has 0 bridgehead atoms. The van der Waals surface area contributed by atoms with Crippen molar-refractivity contribution in [3.05, 3.63) is 0 Å². The molecular formula is C12H25NO3S. The Balaban J connectivity index is 2.21. The first-order valence-corrected chi connectivity index (χ1v) is 8.39. The Hall–Kier alpha value is -0.130. The van der Waals surface area contributed by atoms with Gasteiger partial charge in [-0.15, -0.1) is 0 Å². The molecule has 1 aliphatic rings. The largest absolute Gasteiger partial charge is 0.381 e. The standard InChI is InChI=1S/C12H25NO3S/c1-3-9-17(14,15)10-6-13-11(2)12-4-7-16-8-5-12/h11-13H,3-10H2,1-2H3. The summed E-state index contributed by atoms with van der Waals surface area (Å²) in [5, 5.41) is 3.33. The Morgan fingerprint density at radius 2 is 1.94 bits per heavy atom. The summed E-state index contributed by atoms with van der Waals surface area (Å²) in [4.78, 5) is 0. The van der Waals surface area contributed by atoms with E-state index in [0.717, 1.165) is 26.1 Å². The van der Waals surface area contributed by atoms with Crippen molar-refractivity contribution in [2.24, 2.45) is 5.92 Å². The quantitative estimate of drug-likeness (QED) is 0.750. The van der Waals surface area contributed by atoms with Gasteiger partial charge in [-0.05, 0) is 32.1 Å². The number of hydrogen-bond donors (Lipinski definition) is 1. The van der Waals surface area contributed by atoms with E-state index in [4.69, 9.17) is 4.74 Å². The Labute approximate surface area is 105 Å². The topological polar surface area (TPSA) is 55.4 Å². The van der Waals surface area contributed by atoms with Gasteiger partial charge in [0.15, 0.2) is 9.84 Å². The van der Waals surface area contributed by atoms with Gasteiger partial charge in [0.1, 0.15) is 0 Å². The van der Waals surface area contributed by atoms with Gasteiger partial charge in [-0.2, -0.15) is 0 Å². The van der Waals surface area contributed by atoms with Gasteiger partial charge in [0.05, 0.1) is 5.75 Å². The lowest BCUT2D eigenvalue weighted by Gasteiger charge is -2.28. The highest BCUT2D eigenvalue weighted by Gasteiger charge is 2.20. The molecule has 1 fully saturated rings. The normalized spacial score (nSPS) is 20.4. The lowest BCUT2D eigenvalue weighted by molar-refractivity contribution is 0.0562. The van der Waals surface area contributed by atoms with Crippen molar-refractivity contribution in [2.45, 2.75) is 39.2 Å². The third-order valence-electron chi connectivity index (χ3n) is 3.37. The van der Waals surface area contributed by atoms with E-state index in [1.54, 1.807) is 0 Å². The maximum atomic E-state index is 11.5. The molecule has 1 rings (SSSR count). The molecule has 0 aromatic carbocycles. The fourth-order valence-corrected chi connectivity index (χ4v) is 3.49. The van der Waals surface area contributed by atoms with Crippen LogP contribution in [-0.2, 0) is 14.6 Å². The fraction of sp³-hybridized carbons (Fsp3) is 1.00. The van der Waals surface area contributed by atoms with Gasteiger partial charge < -0.3 is 10.1 Å². The first kappa shape index (κ1) is 14.9. The third kappa shape index (κ3) is 5.84. The molecule has 0 aromatic heterocycles. The van der Waals surface area contributed by atoms with Crippen LogP contribution in [0.2, 0.25) is 0 Å². The zero-order valence-electron chi connectivity index (χ0n) is 10.9. The molecule has 0 spiro atoms. The van der Waals surface area contributed by atoms with Crippen LogP contribution in [0.25, 0.3) is 0 Å². The molecule has 1 unspecified atom stereocenters. The van der Waals surface area contributed by atoms with E-state index < -0.39 is 9.84 Å². The highest BCUT2D eigenvalue weighted by Crippen LogP contribution is 2.18. The van der Waals surface area contributed by atoms with Crippen LogP contribution in [-0.4, -0.2) is 45.7 Å². The smallest absolute Gasteiger partial charge is 0.151 e.